The third-order valence-electron chi connectivity index (χ3n) is 4.52. The number of fused-ring (bicyclic) bond motifs is 3. The standard InChI is InChI=1S/C17H20N6O/c1-11-12(2)22(8-7-21(3)4)16-14(11)17-19-15(13-6-5-9-24-13)20-23(17)10-18-16/h5-6,9-10H,7-8H2,1-4H3/p+1. The molecule has 4 heterocycles. The molecular weight excluding hydrogens is 304 g/mol. The molecule has 4 rings (SSSR count). The van der Waals surface area contributed by atoms with E-state index in [4.69, 9.17) is 9.40 Å². The summed E-state index contributed by atoms with van der Waals surface area (Å²) >= 11 is 0. The van der Waals surface area contributed by atoms with Crippen molar-refractivity contribution in [3.8, 4) is 11.6 Å². The molecule has 0 aromatic carbocycles. The van der Waals surface area contributed by atoms with Gasteiger partial charge in [-0.3, -0.25) is 0 Å². The van der Waals surface area contributed by atoms with E-state index >= 15 is 0 Å². The van der Waals surface area contributed by atoms with E-state index in [9.17, 15) is 0 Å². The maximum absolute atomic E-state index is 5.42. The molecular formula is C17H21N6O+. The Labute approximate surface area is 139 Å². The van der Waals surface area contributed by atoms with E-state index in [-0.39, 0.29) is 0 Å². The predicted molar refractivity (Wildman–Crippen MR) is 91.1 cm³/mol. The van der Waals surface area contributed by atoms with E-state index in [2.05, 4.69) is 42.6 Å². The molecule has 124 valence electrons. The van der Waals surface area contributed by atoms with E-state index in [1.54, 1.807) is 17.1 Å². The van der Waals surface area contributed by atoms with Gasteiger partial charge in [-0.15, -0.1) is 5.10 Å². The second kappa shape index (κ2) is 5.45. The molecule has 4 aromatic rings. The van der Waals surface area contributed by atoms with Crippen molar-refractivity contribution in [3.05, 3.63) is 36.0 Å². The minimum absolute atomic E-state index is 0.580. The fourth-order valence-corrected chi connectivity index (χ4v) is 3.05. The summed E-state index contributed by atoms with van der Waals surface area (Å²) < 4.78 is 9.43. The lowest BCUT2D eigenvalue weighted by Crippen LogP contribution is -3.06. The Morgan fingerprint density at radius 3 is 2.75 bits per heavy atom. The van der Waals surface area contributed by atoms with Crippen molar-refractivity contribution in [1.82, 2.24) is 24.1 Å². The van der Waals surface area contributed by atoms with Crippen LogP contribution >= 0.6 is 0 Å². The number of nitrogens with zero attached hydrogens (tertiary/aromatic N) is 5. The third-order valence-corrected chi connectivity index (χ3v) is 4.52. The topological polar surface area (TPSA) is 65.6 Å². The fourth-order valence-electron chi connectivity index (χ4n) is 3.05. The Bertz CT molecular complexity index is 1010. The quantitative estimate of drug-likeness (QED) is 0.610. The molecule has 0 spiro atoms. The Morgan fingerprint density at radius 1 is 1.21 bits per heavy atom. The summed E-state index contributed by atoms with van der Waals surface area (Å²) in [5.41, 5.74) is 4.23. The van der Waals surface area contributed by atoms with Gasteiger partial charge in [-0.25, -0.2) is 14.5 Å². The Kier molecular flexibility index (Phi) is 3.38. The zero-order chi connectivity index (χ0) is 16.8. The first kappa shape index (κ1) is 14.9. The summed E-state index contributed by atoms with van der Waals surface area (Å²) in [5.74, 6) is 1.24. The predicted octanol–water partition coefficient (Wildman–Crippen LogP) is 1.10. The van der Waals surface area contributed by atoms with Crippen molar-refractivity contribution in [3.63, 3.8) is 0 Å². The van der Waals surface area contributed by atoms with Crippen LogP contribution in [0.25, 0.3) is 28.3 Å². The van der Waals surface area contributed by atoms with Gasteiger partial charge in [0.15, 0.2) is 11.4 Å². The van der Waals surface area contributed by atoms with Crippen molar-refractivity contribution in [2.75, 3.05) is 20.6 Å². The minimum atomic E-state index is 0.580. The molecule has 0 bridgehead atoms. The minimum Gasteiger partial charge on any atom is -0.461 e. The summed E-state index contributed by atoms with van der Waals surface area (Å²) in [7, 11) is 4.32. The van der Waals surface area contributed by atoms with Gasteiger partial charge in [0, 0.05) is 5.69 Å². The van der Waals surface area contributed by atoms with Crippen molar-refractivity contribution in [2.24, 2.45) is 0 Å². The highest BCUT2D eigenvalue weighted by atomic mass is 16.3. The van der Waals surface area contributed by atoms with Crippen LogP contribution in [-0.2, 0) is 6.54 Å². The van der Waals surface area contributed by atoms with E-state index in [0.29, 0.717) is 11.6 Å². The van der Waals surface area contributed by atoms with Crippen LogP contribution in [0.15, 0.2) is 29.1 Å². The zero-order valence-corrected chi connectivity index (χ0v) is 14.4. The molecule has 0 amide bonds. The lowest BCUT2D eigenvalue weighted by molar-refractivity contribution is -0.858. The lowest BCUT2D eigenvalue weighted by atomic mass is 10.2. The smallest absolute Gasteiger partial charge is 0.217 e. The van der Waals surface area contributed by atoms with Crippen LogP contribution in [-0.4, -0.2) is 44.8 Å². The fraction of sp³-hybridized carbons (Fsp3) is 0.353. The number of quaternary nitrogens is 1. The summed E-state index contributed by atoms with van der Waals surface area (Å²) in [6.45, 7) is 6.24. The highest BCUT2D eigenvalue weighted by molar-refractivity contribution is 5.94. The number of aromatic nitrogens is 5. The molecule has 0 aliphatic rings. The molecule has 0 aliphatic heterocycles. The average molecular weight is 325 g/mol. The Morgan fingerprint density at radius 2 is 2.04 bits per heavy atom. The van der Waals surface area contributed by atoms with E-state index in [1.165, 1.54) is 16.2 Å². The summed E-state index contributed by atoms with van der Waals surface area (Å²) in [6.07, 6.45) is 3.36. The van der Waals surface area contributed by atoms with E-state index < -0.39 is 0 Å². The number of nitrogens with one attached hydrogen (secondary N) is 1. The zero-order valence-electron chi connectivity index (χ0n) is 14.4. The Hall–Kier alpha value is -2.67. The number of hydrogen-bond acceptors (Lipinski definition) is 4. The first-order valence-corrected chi connectivity index (χ1v) is 8.10. The molecule has 0 atom stereocenters. The monoisotopic (exact) mass is 325 g/mol. The maximum atomic E-state index is 5.42. The van der Waals surface area contributed by atoms with Gasteiger partial charge in [0.05, 0.1) is 38.8 Å². The molecule has 24 heavy (non-hydrogen) atoms. The molecule has 7 nitrogen and oxygen atoms in total. The SMILES string of the molecule is Cc1c(C)n(CC[NH+](C)C)c2ncn3nc(-c4ccco4)nc3c12. The van der Waals surface area contributed by atoms with Crippen molar-refractivity contribution < 1.29 is 9.32 Å². The summed E-state index contributed by atoms with van der Waals surface area (Å²) in [6, 6.07) is 3.70. The number of furan rings is 1. The molecule has 1 N–H and O–H groups in total. The van der Waals surface area contributed by atoms with Crippen molar-refractivity contribution >= 4 is 16.7 Å². The largest absolute Gasteiger partial charge is 0.461 e. The average Bonchev–Trinajstić information content (AvgIpc) is 3.25. The van der Waals surface area contributed by atoms with Gasteiger partial charge >= 0.3 is 0 Å². The molecule has 0 aliphatic carbocycles. The number of likely N-dealkylation sites (N-methyl/N-ethyl adjacent to an activating group) is 1. The van der Waals surface area contributed by atoms with Crippen molar-refractivity contribution in [2.45, 2.75) is 20.4 Å². The van der Waals surface area contributed by atoms with Gasteiger partial charge < -0.3 is 13.9 Å². The van der Waals surface area contributed by atoms with Crippen LogP contribution in [0.4, 0.5) is 0 Å². The molecule has 4 aromatic heterocycles. The highest BCUT2D eigenvalue weighted by Gasteiger charge is 2.19. The van der Waals surface area contributed by atoms with Gasteiger partial charge in [-0.05, 0) is 31.5 Å². The van der Waals surface area contributed by atoms with Crippen molar-refractivity contribution in [1.29, 1.82) is 0 Å². The highest BCUT2D eigenvalue weighted by Crippen LogP contribution is 2.28. The number of rotatable bonds is 4. The molecule has 0 unspecified atom stereocenters. The van der Waals surface area contributed by atoms with Crippen LogP contribution < -0.4 is 4.90 Å². The van der Waals surface area contributed by atoms with Crippen LogP contribution in [0.1, 0.15) is 11.3 Å². The van der Waals surface area contributed by atoms with Crippen LogP contribution in [0, 0.1) is 13.8 Å². The van der Waals surface area contributed by atoms with Gasteiger partial charge in [0.2, 0.25) is 5.82 Å². The lowest BCUT2D eigenvalue weighted by Gasteiger charge is -2.10. The molecule has 0 saturated carbocycles. The van der Waals surface area contributed by atoms with Gasteiger partial charge in [-0.2, -0.15) is 0 Å². The molecule has 7 heteroatoms. The van der Waals surface area contributed by atoms with Gasteiger partial charge in [0.25, 0.3) is 0 Å². The summed E-state index contributed by atoms with van der Waals surface area (Å²) in [5, 5.41) is 5.56. The molecule has 0 saturated heterocycles. The maximum Gasteiger partial charge on any atom is 0.217 e. The second-order valence-corrected chi connectivity index (χ2v) is 6.44. The van der Waals surface area contributed by atoms with Crippen LogP contribution in [0.5, 0.6) is 0 Å². The van der Waals surface area contributed by atoms with E-state index in [0.717, 1.165) is 29.8 Å². The first-order chi connectivity index (χ1) is 11.6. The summed E-state index contributed by atoms with van der Waals surface area (Å²) in [4.78, 5) is 10.8. The second-order valence-electron chi connectivity index (χ2n) is 6.44. The Balaban J connectivity index is 1.93. The molecule has 0 radical (unpaired) electrons. The third kappa shape index (κ3) is 2.20. The number of aryl methyl sites for hydroxylation is 1. The molecule has 0 fully saturated rings. The van der Waals surface area contributed by atoms with Gasteiger partial charge in [0.1, 0.15) is 12.0 Å². The van der Waals surface area contributed by atoms with Gasteiger partial charge in [-0.1, -0.05) is 0 Å². The number of hydrogen-bond donors (Lipinski definition) is 1. The first-order valence-electron chi connectivity index (χ1n) is 8.10. The van der Waals surface area contributed by atoms with Crippen LogP contribution in [0.2, 0.25) is 0 Å². The van der Waals surface area contributed by atoms with Crippen LogP contribution in [0.3, 0.4) is 0 Å². The normalized spacial score (nSPS) is 12.0. The van der Waals surface area contributed by atoms with E-state index in [1.807, 2.05) is 12.1 Å².